The number of para-hydroxylation sites is 1. The Labute approximate surface area is 206 Å². The van der Waals surface area contributed by atoms with Gasteiger partial charge in [0.25, 0.3) is 5.91 Å². The monoisotopic (exact) mass is 487 g/mol. The average molecular weight is 488 g/mol. The van der Waals surface area contributed by atoms with Gasteiger partial charge in [-0.2, -0.15) is 5.10 Å². The molecule has 1 aromatic heterocycles. The Balaban J connectivity index is 1.53. The molecule has 0 bridgehead atoms. The summed E-state index contributed by atoms with van der Waals surface area (Å²) in [7, 11) is 0. The number of rotatable bonds is 5. The molecular formula is C26H18ClN3OS2. The molecule has 0 unspecified atom stereocenters. The van der Waals surface area contributed by atoms with Crippen LogP contribution in [0.4, 0.5) is 0 Å². The number of aromatic nitrogens is 2. The van der Waals surface area contributed by atoms with E-state index in [2.05, 4.69) is 0 Å². The largest absolute Gasteiger partial charge is 0.288 e. The lowest BCUT2D eigenvalue weighted by Gasteiger charge is -2.14. The van der Waals surface area contributed by atoms with Crippen molar-refractivity contribution in [1.29, 1.82) is 0 Å². The first-order valence-electron chi connectivity index (χ1n) is 10.3. The zero-order valence-electron chi connectivity index (χ0n) is 17.4. The predicted molar refractivity (Wildman–Crippen MR) is 139 cm³/mol. The van der Waals surface area contributed by atoms with Crippen LogP contribution >= 0.6 is 35.6 Å². The molecule has 0 N–H and O–H groups in total. The number of benzene rings is 3. The van der Waals surface area contributed by atoms with Crippen molar-refractivity contribution in [2.75, 3.05) is 0 Å². The van der Waals surface area contributed by atoms with Gasteiger partial charge in [0, 0.05) is 22.3 Å². The van der Waals surface area contributed by atoms with Gasteiger partial charge < -0.3 is 0 Å². The molecule has 1 fully saturated rings. The Morgan fingerprint density at radius 1 is 0.939 bits per heavy atom. The van der Waals surface area contributed by atoms with Gasteiger partial charge in [0.1, 0.15) is 4.32 Å². The molecule has 1 amide bonds. The van der Waals surface area contributed by atoms with Crippen molar-refractivity contribution >= 4 is 51.9 Å². The van der Waals surface area contributed by atoms with Gasteiger partial charge in [-0.05, 0) is 35.9 Å². The van der Waals surface area contributed by atoms with E-state index >= 15 is 0 Å². The van der Waals surface area contributed by atoms with E-state index in [1.54, 1.807) is 4.90 Å². The number of amides is 1. The molecule has 0 atom stereocenters. The van der Waals surface area contributed by atoms with Gasteiger partial charge >= 0.3 is 0 Å². The second-order valence-corrected chi connectivity index (χ2v) is 9.59. The second kappa shape index (κ2) is 9.35. The van der Waals surface area contributed by atoms with E-state index < -0.39 is 0 Å². The third-order valence-electron chi connectivity index (χ3n) is 5.22. The van der Waals surface area contributed by atoms with E-state index in [1.165, 1.54) is 11.8 Å². The number of thiocarbonyl (C=S) groups is 1. The van der Waals surface area contributed by atoms with Crippen LogP contribution in [0.2, 0.25) is 5.02 Å². The van der Waals surface area contributed by atoms with Gasteiger partial charge in [0.2, 0.25) is 0 Å². The zero-order valence-corrected chi connectivity index (χ0v) is 19.8. The van der Waals surface area contributed by atoms with Crippen molar-refractivity contribution in [2.45, 2.75) is 6.54 Å². The van der Waals surface area contributed by atoms with Gasteiger partial charge in [-0.15, -0.1) is 0 Å². The smallest absolute Gasteiger partial charge is 0.266 e. The Hall–Kier alpha value is -3.19. The van der Waals surface area contributed by atoms with Gasteiger partial charge in [-0.3, -0.25) is 9.69 Å². The Morgan fingerprint density at radius 3 is 2.30 bits per heavy atom. The highest BCUT2D eigenvalue weighted by Crippen LogP contribution is 2.35. The van der Waals surface area contributed by atoms with Crippen LogP contribution in [0.15, 0.2) is 96.0 Å². The Bertz CT molecular complexity index is 1350. The molecule has 4 aromatic rings. The summed E-state index contributed by atoms with van der Waals surface area (Å²) >= 11 is 12.9. The van der Waals surface area contributed by atoms with Crippen LogP contribution in [0.5, 0.6) is 0 Å². The standard InChI is InChI=1S/C26H18ClN3OS2/c27-21-13-11-19(12-14-21)24-20(17-30(28-24)22-9-5-2-6-10-22)15-23-25(31)29(26(32)33-23)16-18-7-3-1-4-8-18/h1-15,17H,16H2/b23-15+. The Kier molecular flexibility index (Phi) is 6.13. The van der Waals surface area contributed by atoms with Crippen molar-refractivity contribution in [2.24, 2.45) is 0 Å². The molecule has 2 heterocycles. The van der Waals surface area contributed by atoms with Crippen molar-refractivity contribution in [1.82, 2.24) is 14.7 Å². The maximum absolute atomic E-state index is 13.2. The predicted octanol–water partition coefficient (Wildman–Crippen LogP) is 6.59. The number of hydrogen-bond donors (Lipinski definition) is 0. The quantitative estimate of drug-likeness (QED) is 0.235. The molecule has 5 rings (SSSR count). The van der Waals surface area contributed by atoms with E-state index in [9.17, 15) is 4.79 Å². The lowest BCUT2D eigenvalue weighted by Crippen LogP contribution is -2.27. The first-order valence-corrected chi connectivity index (χ1v) is 11.9. The SMILES string of the molecule is O=C1/C(=C\c2cn(-c3ccccc3)nc2-c2ccc(Cl)cc2)SC(=S)N1Cc1ccccc1. The number of carbonyl (C=O) groups is 1. The molecule has 0 aliphatic carbocycles. The summed E-state index contributed by atoms with van der Waals surface area (Å²) in [5.41, 5.74) is 4.49. The van der Waals surface area contributed by atoms with Gasteiger partial charge in [-0.25, -0.2) is 4.68 Å². The van der Waals surface area contributed by atoms with Crippen molar-refractivity contribution < 1.29 is 4.79 Å². The van der Waals surface area contributed by atoms with Crippen LogP contribution in [0.3, 0.4) is 0 Å². The number of halogens is 1. The molecule has 7 heteroatoms. The highest BCUT2D eigenvalue weighted by Gasteiger charge is 2.32. The van der Waals surface area contributed by atoms with Crippen LogP contribution < -0.4 is 0 Å². The lowest BCUT2D eigenvalue weighted by atomic mass is 10.1. The maximum Gasteiger partial charge on any atom is 0.266 e. The number of nitrogens with zero attached hydrogens (tertiary/aromatic N) is 3. The van der Waals surface area contributed by atoms with E-state index in [1.807, 2.05) is 102 Å². The molecule has 0 saturated carbocycles. The molecular weight excluding hydrogens is 470 g/mol. The van der Waals surface area contributed by atoms with Crippen LogP contribution in [0, 0.1) is 0 Å². The fourth-order valence-electron chi connectivity index (χ4n) is 3.58. The van der Waals surface area contributed by atoms with Crippen LogP contribution in [-0.4, -0.2) is 24.9 Å². The highest BCUT2D eigenvalue weighted by molar-refractivity contribution is 8.26. The maximum atomic E-state index is 13.2. The fraction of sp³-hybridized carbons (Fsp3) is 0.0385. The molecule has 1 aliphatic heterocycles. The second-order valence-electron chi connectivity index (χ2n) is 7.47. The zero-order chi connectivity index (χ0) is 22.8. The molecule has 3 aromatic carbocycles. The first-order chi connectivity index (χ1) is 16.1. The van der Waals surface area contributed by atoms with Crippen molar-refractivity contribution in [3.63, 3.8) is 0 Å². The minimum Gasteiger partial charge on any atom is -0.288 e. The van der Waals surface area contributed by atoms with Crippen molar-refractivity contribution in [3.8, 4) is 16.9 Å². The fourth-order valence-corrected chi connectivity index (χ4v) is 4.95. The molecule has 1 saturated heterocycles. The normalized spacial score (nSPS) is 14.9. The van der Waals surface area contributed by atoms with Gasteiger partial charge in [0.05, 0.1) is 22.8 Å². The topological polar surface area (TPSA) is 38.1 Å². The average Bonchev–Trinajstić information content (AvgIpc) is 3.37. The Morgan fingerprint density at radius 2 is 1.61 bits per heavy atom. The van der Waals surface area contributed by atoms with E-state index in [-0.39, 0.29) is 5.91 Å². The highest BCUT2D eigenvalue weighted by atomic mass is 35.5. The van der Waals surface area contributed by atoms with Gasteiger partial charge in [0.15, 0.2) is 0 Å². The van der Waals surface area contributed by atoms with E-state index in [0.29, 0.717) is 20.8 Å². The third kappa shape index (κ3) is 4.64. The van der Waals surface area contributed by atoms with Crippen LogP contribution in [0.1, 0.15) is 11.1 Å². The van der Waals surface area contributed by atoms with Crippen molar-refractivity contribution in [3.05, 3.63) is 112 Å². The lowest BCUT2D eigenvalue weighted by molar-refractivity contribution is -0.122. The molecule has 0 spiro atoms. The summed E-state index contributed by atoms with van der Waals surface area (Å²) < 4.78 is 2.37. The molecule has 4 nitrogen and oxygen atoms in total. The minimum atomic E-state index is -0.0941. The first kappa shape index (κ1) is 21.6. The summed E-state index contributed by atoms with van der Waals surface area (Å²) in [4.78, 5) is 15.4. The summed E-state index contributed by atoms with van der Waals surface area (Å²) in [6.45, 7) is 0.455. The third-order valence-corrected chi connectivity index (χ3v) is 6.85. The van der Waals surface area contributed by atoms with Gasteiger partial charge in [-0.1, -0.05) is 96.2 Å². The van der Waals surface area contributed by atoms with Crippen LogP contribution in [0.25, 0.3) is 23.0 Å². The number of thioether (sulfide) groups is 1. The summed E-state index contributed by atoms with van der Waals surface area (Å²) in [5, 5.41) is 5.47. The minimum absolute atomic E-state index is 0.0941. The summed E-state index contributed by atoms with van der Waals surface area (Å²) in [6.07, 6.45) is 3.81. The van der Waals surface area contributed by atoms with E-state index in [0.717, 1.165) is 28.1 Å². The number of hydrogen-bond acceptors (Lipinski definition) is 4. The number of carbonyl (C=O) groups excluding carboxylic acids is 1. The summed E-state index contributed by atoms with van der Waals surface area (Å²) in [6, 6.07) is 27.2. The van der Waals surface area contributed by atoms with E-state index in [4.69, 9.17) is 28.9 Å². The molecule has 0 radical (unpaired) electrons. The molecule has 1 aliphatic rings. The molecule has 162 valence electrons. The molecule has 33 heavy (non-hydrogen) atoms. The summed E-state index contributed by atoms with van der Waals surface area (Å²) in [5.74, 6) is -0.0941. The van der Waals surface area contributed by atoms with Crippen LogP contribution in [-0.2, 0) is 11.3 Å².